The first-order chi connectivity index (χ1) is 10.2. The molecule has 4 heteroatoms. The van der Waals surface area contributed by atoms with Gasteiger partial charge in [-0.15, -0.1) is 0 Å². The Balaban J connectivity index is 1.61. The Kier molecular flexibility index (Phi) is 4.75. The van der Waals surface area contributed by atoms with Crippen LogP contribution in [0.5, 0.6) is 11.5 Å². The minimum atomic E-state index is 0.595. The Morgan fingerprint density at radius 1 is 1.24 bits per heavy atom. The molecule has 0 aromatic heterocycles. The van der Waals surface area contributed by atoms with Crippen LogP contribution in [0.3, 0.4) is 0 Å². The lowest BCUT2D eigenvalue weighted by atomic mass is 10.0. The van der Waals surface area contributed by atoms with Crippen LogP contribution < -0.4 is 14.8 Å². The fraction of sp³-hybridized carbons (Fsp3) is 0.647. The molecule has 116 valence electrons. The van der Waals surface area contributed by atoms with Crippen LogP contribution in [0.25, 0.3) is 0 Å². The van der Waals surface area contributed by atoms with Gasteiger partial charge in [0.2, 0.25) is 0 Å². The molecule has 1 aromatic rings. The predicted octanol–water partition coefficient (Wildman–Crippen LogP) is 4.28. The van der Waals surface area contributed by atoms with E-state index in [-0.39, 0.29) is 0 Å². The molecule has 1 aliphatic heterocycles. The molecular weight excluding hydrogens is 330 g/mol. The van der Waals surface area contributed by atoms with Crippen LogP contribution in [0, 0.1) is 5.41 Å². The molecule has 1 heterocycles. The van der Waals surface area contributed by atoms with Crippen molar-refractivity contribution in [3.63, 3.8) is 0 Å². The van der Waals surface area contributed by atoms with Gasteiger partial charge in [0.1, 0.15) is 0 Å². The van der Waals surface area contributed by atoms with Gasteiger partial charge in [-0.25, -0.2) is 0 Å². The zero-order valence-electron chi connectivity index (χ0n) is 12.7. The van der Waals surface area contributed by atoms with Crippen molar-refractivity contribution >= 4 is 15.9 Å². The summed E-state index contributed by atoms with van der Waals surface area (Å²) in [7, 11) is 0. The molecule has 1 N–H and O–H groups in total. The third kappa shape index (κ3) is 3.72. The molecule has 0 saturated heterocycles. The number of rotatable bonds is 6. The minimum absolute atomic E-state index is 0.595. The van der Waals surface area contributed by atoms with Crippen LogP contribution in [0.1, 0.15) is 44.6 Å². The lowest BCUT2D eigenvalue weighted by molar-refractivity contribution is 0.296. The van der Waals surface area contributed by atoms with E-state index in [9.17, 15) is 0 Å². The first-order valence-corrected chi connectivity index (χ1v) is 8.80. The van der Waals surface area contributed by atoms with E-state index in [0.29, 0.717) is 5.41 Å². The largest absolute Gasteiger partial charge is 0.490 e. The Bertz CT molecular complexity index is 500. The highest BCUT2D eigenvalue weighted by Gasteiger charge is 2.40. The molecule has 21 heavy (non-hydrogen) atoms. The zero-order valence-corrected chi connectivity index (χ0v) is 14.3. The normalized spacial score (nSPS) is 19.1. The summed E-state index contributed by atoms with van der Waals surface area (Å²) < 4.78 is 12.5. The van der Waals surface area contributed by atoms with Crippen molar-refractivity contribution < 1.29 is 9.47 Å². The standard InChI is InChI=1S/C17H24BrNO2/c1-2-4-17(5-6-17)12-19-11-13-9-14(18)16-15(10-13)20-7-3-8-21-16/h9-10,19H,2-8,11-12H2,1H3. The summed E-state index contributed by atoms with van der Waals surface area (Å²) in [6.07, 6.45) is 6.35. The average Bonchev–Trinajstić information content (AvgIpc) is 3.23. The van der Waals surface area contributed by atoms with Crippen LogP contribution in [-0.4, -0.2) is 19.8 Å². The SMILES string of the molecule is CCCC1(CNCc2cc(Br)c3c(c2)OCCCO3)CC1. The van der Waals surface area contributed by atoms with Crippen molar-refractivity contribution in [3.05, 3.63) is 22.2 Å². The number of benzene rings is 1. The molecule has 1 saturated carbocycles. The number of hydrogen-bond donors (Lipinski definition) is 1. The molecule has 0 bridgehead atoms. The second kappa shape index (κ2) is 6.57. The second-order valence-corrected chi connectivity index (χ2v) is 7.16. The number of hydrogen-bond acceptors (Lipinski definition) is 3. The smallest absolute Gasteiger partial charge is 0.175 e. The molecule has 0 unspecified atom stereocenters. The summed E-state index contributed by atoms with van der Waals surface area (Å²) in [5.74, 6) is 1.72. The van der Waals surface area contributed by atoms with Crippen LogP contribution >= 0.6 is 15.9 Å². The van der Waals surface area contributed by atoms with Crippen molar-refractivity contribution in [1.82, 2.24) is 5.32 Å². The van der Waals surface area contributed by atoms with Gasteiger partial charge in [-0.1, -0.05) is 13.3 Å². The van der Waals surface area contributed by atoms with E-state index in [1.807, 2.05) is 0 Å². The molecule has 0 amide bonds. The van der Waals surface area contributed by atoms with Gasteiger partial charge >= 0.3 is 0 Å². The fourth-order valence-corrected chi connectivity index (χ4v) is 3.68. The molecule has 0 radical (unpaired) electrons. The summed E-state index contributed by atoms with van der Waals surface area (Å²) >= 11 is 3.60. The van der Waals surface area contributed by atoms with Crippen molar-refractivity contribution in [2.24, 2.45) is 5.41 Å². The highest BCUT2D eigenvalue weighted by Crippen LogP contribution is 2.49. The van der Waals surface area contributed by atoms with Gasteiger partial charge in [0, 0.05) is 19.5 Å². The number of halogens is 1. The van der Waals surface area contributed by atoms with Crippen LogP contribution in [0.15, 0.2) is 16.6 Å². The van der Waals surface area contributed by atoms with Crippen LogP contribution in [-0.2, 0) is 6.54 Å². The quantitative estimate of drug-likeness (QED) is 0.827. The van der Waals surface area contributed by atoms with Gasteiger partial charge < -0.3 is 14.8 Å². The Morgan fingerprint density at radius 3 is 2.81 bits per heavy atom. The Hall–Kier alpha value is -0.740. The zero-order chi connectivity index (χ0) is 14.7. The molecule has 3 nitrogen and oxygen atoms in total. The number of fused-ring (bicyclic) bond motifs is 1. The van der Waals surface area contributed by atoms with Crippen molar-refractivity contribution in [2.45, 2.75) is 45.6 Å². The van der Waals surface area contributed by atoms with Gasteiger partial charge in [0.25, 0.3) is 0 Å². The van der Waals surface area contributed by atoms with Crippen molar-refractivity contribution in [2.75, 3.05) is 19.8 Å². The van der Waals surface area contributed by atoms with Gasteiger partial charge in [-0.2, -0.15) is 0 Å². The summed E-state index contributed by atoms with van der Waals surface area (Å²) in [6, 6.07) is 4.25. The van der Waals surface area contributed by atoms with Gasteiger partial charge in [0.15, 0.2) is 11.5 Å². The fourth-order valence-electron chi connectivity index (χ4n) is 3.08. The van der Waals surface area contributed by atoms with E-state index in [2.05, 4.69) is 40.3 Å². The van der Waals surface area contributed by atoms with Crippen molar-refractivity contribution in [3.8, 4) is 11.5 Å². The summed E-state index contributed by atoms with van der Waals surface area (Å²) in [5.41, 5.74) is 1.84. The molecule has 2 aliphatic rings. The third-order valence-corrected chi connectivity index (χ3v) is 5.02. The molecule has 0 spiro atoms. The predicted molar refractivity (Wildman–Crippen MR) is 88.0 cm³/mol. The van der Waals surface area contributed by atoms with Crippen LogP contribution in [0.2, 0.25) is 0 Å². The Morgan fingerprint density at radius 2 is 2.05 bits per heavy atom. The molecule has 1 fully saturated rings. The summed E-state index contributed by atoms with van der Waals surface area (Å²) in [5, 5.41) is 3.62. The lowest BCUT2D eigenvalue weighted by Gasteiger charge is -2.16. The van der Waals surface area contributed by atoms with E-state index in [1.165, 1.54) is 31.2 Å². The maximum absolute atomic E-state index is 5.79. The molecule has 1 aromatic carbocycles. The van der Waals surface area contributed by atoms with Crippen LogP contribution in [0.4, 0.5) is 0 Å². The highest BCUT2D eigenvalue weighted by molar-refractivity contribution is 9.10. The maximum atomic E-state index is 5.79. The monoisotopic (exact) mass is 353 g/mol. The van der Waals surface area contributed by atoms with Gasteiger partial charge in [-0.3, -0.25) is 0 Å². The Labute approximate surface area is 135 Å². The topological polar surface area (TPSA) is 30.5 Å². The molecule has 1 aliphatic carbocycles. The first-order valence-electron chi connectivity index (χ1n) is 8.01. The highest BCUT2D eigenvalue weighted by atomic mass is 79.9. The number of nitrogens with one attached hydrogen (secondary N) is 1. The summed E-state index contributed by atoms with van der Waals surface area (Å²) in [6.45, 7) is 5.76. The van der Waals surface area contributed by atoms with E-state index in [0.717, 1.165) is 48.7 Å². The van der Waals surface area contributed by atoms with E-state index >= 15 is 0 Å². The molecule has 3 rings (SSSR count). The van der Waals surface area contributed by atoms with Crippen molar-refractivity contribution in [1.29, 1.82) is 0 Å². The maximum Gasteiger partial charge on any atom is 0.175 e. The molecular formula is C17H24BrNO2. The van der Waals surface area contributed by atoms with Gasteiger partial charge in [0.05, 0.1) is 17.7 Å². The summed E-state index contributed by atoms with van der Waals surface area (Å²) in [4.78, 5) is 0. The minimum Gasteiger partial charge on any atom is -0.490 e. The van der Waals surface area contributed by atoms with E-state index in [4.69, 9.17) is 9.47 Å². The third-order valence-electron chi connectivity index (χ3n) is 4.43. The first kappa shape index (κ1) is 15.2. The molecule has 0 atom stereocenters. The lowest BCUT2D eigenvalue weighted by Crippen LogP contribution is -2.23. The number of ether oxygens (including phenoxy) is 2. The average molecular weight is 354 g/mol. The van der Waals surface area contributed by atoms with E-state index < -0.39 is 0 Å². The van der Waals surface area contributed by atoms with Gasteiger partial charge in [-0.05, 0) is 58.3 Å². The second-order valence-electron chi connectivity index (χ2n) is 6.31. The van der Waals surface area contributed by atoms with E-state index in [1.54, 1.807) is 0 Å².